The molecule has 2 N–H and O–H groups in total. The molecule has 0 atom stereocenters. The summed E-state index contributed by atoms with van der Waals surface area (Å²) in [5, 5.41) is 18.4. The van der Waals surface area contributed by atoms with E-state index in [1.165, 1.54) is 0 Å². The summed E-state index contributed by atoms with van der Waals surface area (Å²) < 4.78 is 7.17. The van der Waals surface area contributed by atoms with Gasteiger partial charge in [0.25, 0.3) is 5.91 Å². The van der Waals surface area contributed by atoms with E-state index in [1.807, 2.05) is 30.3 Å². The van der Waals surface area contributed by atoms with E-state index < -0.39 is 0 Å². The first-order valence-electron chi connectivity index (χ1n) is 11.2. The fourth-order valence-corrected chi connectivity index (χ4v) is 3.86. The Labute approximate surface area is 202 Å². The van der Waals surface area contributed by atoms with Crippen molar-refractivity contribution in [1.82, 2.24) is 19.7 Å². The van der Waals surface area contributed by atoms with Crippen LogP contribution >= 0.6 is 0 Å². The van der Waals surface area contributed by atoms with Gasteiger partial charge in [-0.1, -0.05) is 26.8 Å². The van der Waals surface area contributed by atoms with Crippen LogP contribution in [0, 0.1) is 0 Å². The van der Waals surface area contributed by atoms with Crippen LogP contribution in [0.15, 0.2) is 77.8 Å². The molecule has 0 spiro atoms. The molecule has 0 radical (unpaired) electrons. The first-order chi connectivity index (χ1) is 16.8. The summed E-state index contributed by atoms with van der Waals surface area (Å²) >= 11 is 0. The molecule has 4 aromatic heterocycles. The third-order valence-electron chi connectivity index (χ3n) is 5.81. The lowest BCUT2D eigenvalue weighted by atomic mass is 9.87. The summed E-state index contributed by atoms with van der Waals surface area (Å²) in [7, 11) is 0. The molecule has 0 aliphatic heterocycles. The summed E-state index contributed by atoms with van der Waals surface area (Å²) in [4.78, 5) is 22.5. The Kier molecular flexibility index (Phi) is 5.56. The van der Waals surface area contributed by atoms with Crippen LogP contribution in [0.5, 0.6) is 5.75 Å². The number of phenolic OH excluding ortho intramolecular Hbond substituents is 1. The molecule has 176 valence electrons. The number of fused-ring (bicyclic) bond motifs is 1. The average molecular weight is 468 g/mol. The van der Waals surface area contributed by atoms with Crippen LogP contribution in [0.4, 0.5) is 5.69 Å². The second kappa shape index (κ2) is 8.72. The van der Waals surface area contributed by atoms with Gasteiger partial charge >= 0.3 is 0 Å². The molecule has 4 heterocycles. The molecule has 5 aromatic rings. The lowest BCUT2D eigenvalue weighted by Crippen LogP contribution is -2.15. The minimum Gasteiger partial charge on any atom is -0.506 e. The van der Waals surface area contributed by atoms with E-state index in [0.29, 0.717) is 34.5 Å². The molecule has 8 heteroatoms. The number of anilines is 1. The number of hydrogen-bond acceptors (Lipinski definition) is 6. The van der Waals surface area contributed by atoms with Gasteiger partial charge in [-0.15, -0.1) is 0 Å². The zero-order valence-corrected chi connectivity index (χ0v) is 19.7. The highest BCUT2D eigenvalue weighted by Gasteiger charge is 2.21. The number of amides is 1. The number of benzene rings is 1. The number of nitrogens with one attached hydrogen (secondary N) is 1. The van der Waals surface area contributed by atoms with Crippen molar-refractivity contribution >= 4 is 22.6 Å². The number of carbonyl (C=O) groups excluding carboxylic acids is 1. The maximum absolute atomic E-state index is 13.5. The maximum atomic E-state index is 13.5. The highest BCUT2D eigenvalue weighted by molar-refractivity contribution is 6.13. The van der Waals surface area contributed by atoms with Gasteiger partial charge in [0.15, 0.2) is 5.65 Å². The molecule has 0 fully saturated rings. The average Bonchev–Trinajstić information content (AvgIpc) is 3.50. The number of rotatable bonds is 5. The molecule has 0 aliphatic rings. The molecule has 0 saturated heterocycles. The molecule has 0 unspecified atom stereocenters. The Balaban J connectivity index is 1.60. The van der Waals surface area contributed by atoms with Gasteiger partial charge in [0.1, 0.15) is 18.1 Å². The smallest absolute Gasteiger partial charge is 0.256 e. The van der Waals surface area contributed by atoms with E-state index in [-0.39, 0.29) is 17.1 Å². The molecule has 1 aromatic carbocycles. The fraction of sp³-hybridized carbons (Fsp3) is 0.185. The van der Waals surface area contributed by atoms with E-state index in [4.69, 9.17) is 9.40 Å². The molecule has 1 amide bonds. The largest absolute Gasteiger partial charge is 0.506 e. The summed E-state index contributed by atoms with van der Waals surface area (Å²) in [5.74, 6) is 0.345. The first kappa shape index (κ1) is 22.3. The Hall–Kier alpha value is -4.46. The third kappa shape index (κ3) is 4.50. The molecule has 0 bridgehead atoms. The number of nitrogens with zero attached hydrogens (tertiary/aromatic N) is 4. The van der Waals surface area contributed by atoms with E-state index in [9.17, 15) is 9.90 Å². The van der Waals surface area contributed by atoms with E-state index in [2.05, 4.69) is 36.2 Å². The molecule has 8 nitrogen and oxygen atoms in total. The molecular formula is C27H25N5O3. The number of pyridine rings is 2. The van der Waals surface area contributed by atoms with Gasteiger partial charge in [0, 0.05) is 18.0 Å². The summed E-state index contributed by atoms with van der Waals surface area (Å²) in [6.45, 7) is 6.59. The van der Waals surface area contributed by atoms with Crippen molar-refractivity contribution in [1.29, 1.82) is 0 Å². The minimum atomic E-state index is -0.374. The van der Waals surface area contributed by atoms with Crippen molar-refractivity contribution in [3.05, 3.63) is 90.3 Å². The first-order valence-corrected chi connectivity index (χ1v) is 11.2. The van der Waals surface area contributed by atoms with Gasteiger partial charge < -0.3 is 14.8 Å². The van der Waals surface area contributed by atoms with Gasteiger partial charge in [-0.3, -0.25) is 9.78 Å². The van der Waals surface area contributed by atoms with E-state index in [1.54, 1.807) is 47.7 Å². The molecule has 5 rings (SSSR count). The van der Waals surface area contributed by atoms with Gasteiger partial charge in [-0.05, 0) is 53.4 Å². The predicted octanol–water partition coefficient (Wildman–Crippen LogP) is 5.39. The summed E-state index contributed by atoms with van der Waals surface area (Å²) in [5.41, 5.74) is 3.49. The van der Waals surface area contributed by atoms with Crippen LogP contribution in [0.3, 0.4) is 0 Å². The molecule has 0 aliphatic carbocycles. The SMILES string of the molecule is CC(C)(C)c1ccc(O)c(NC(=O)c2cc(-c3cccnc3)nc3c2cnn3Cc2ccco2)c1. The topological polar surface area (TPSA) is 106 Å². The van der Waals surface area contributed by atoms with Crippen molar-refractivity contribution in [2.24, 2.45) is 0 Å². The highest BCUT2D eigenvalue weighted by Crippen LogP contribution is 2.32. The van der Waals surface area contributed by atoms with Crippen LogP contribution in [-0.2, 0) is 12.0 Å². The summed E-state index contributed by atoms with van der Waals surface area (Å²) in [6, 6.07) is 14.3. The van der Waals surface area contributed by atoms with Crippen molar-refractivity contribution in [2.75, 3.05) is 5.32 Å². The monoisotopic (exact) mass is 467 g/mol. The zero-order chi connectivity index (χ0) is 24.6. The second-order valence-corrected chi connectivity index (χ2v) is 9.35. The number of aromatic nitrogens is 4. The number of furan rings is 1. The number of aromatic hydroxyl groups is 1. The lowest BCUT2D eigenvalue weighted by Gasteiger charge is -2.20. The second-order valence-electron chi connectivity index (χ2n) is 9.35. The maximum Gasteiger partial charge on any atom is 0.256 e. The van der Waals surface area contributed by atoms with Crippen LogP contribution in [0.2, 0.25) is 0 Å². The Morgan fingerprint density at radius 1 is 1.11 bits per heavy atom. The Bertz CT molecular complexity index is 1500. The van der Waals surface area contributed by atoms with Gasteiger partial charge in [0.2, 0.25) is 0 Å². The van der Waals surface area contributed by atoms with Crippen LogP contribution < -0.4 is 5.32 Å². The van der Waals surface area contributed by atoms with Gasteiger partial charge in [0.05, 0.1) is 34.8 Å². The van der Waals surface area contributed by atoms with Crippen molar-refractivity contribution < 1.29 is 14.3 Å². The number of carbonyl (C=O) groups is 1. The van der Waals surface area contributed by atoms with Crippen LogP contribution in [0.1, 0.15) is 42.5 Å². The highest BCUT2D eigenvalue weighted by atomic mass is 16.3. The van der Waals surface area contributed by atoms with Gasteiger partial charge in [-0.25, -0.2) is 9.67 Å². The zero-order valence-electron chi connectivity index (χ0n) is 19.7. The normalized spacial score (nSPS) is 11.6. The minimum absolute atomic E-state index is 0.00218. The molecule has 0 saturated carbocycles. The van der Waals surface area contributed by atoms with Crippen molar-refractivity contribution in [3.8, 4) is 17.0 Å². The molecule has 35 heavy (non-hydrogen) atoms. The quantitative estimate of drug-likeness (QED) is 0.336. The van der Waals surface area contributed by atoms with Crippen LogP contribution in [-0.4, -0.2) is 30.8 Å². The fourth-order valence-electron chi connectivity index (χ4n) is 3.86. The van der Waals surface area contributed by atoms with E-state index in [0.717, 1.165) is 16.9 Å². The number of hydrogen-bond donors (Lipinski definition) is 2. The molecular weight excluding hydrogens is 442 g/mol. The Morgan fingerprint density at radius 3 is 2.69 bits per heavy atom. The van der Waals surface area contributed by atoms with Crippen molar-refractivity contribution in [3.63, 3.8) is 0 Å². The predicted molar refractivity (Wildman–Crippen MR) is 133 cm³/mol. The third-order valence-corrected chi connectivity index (χ3v) is 5.81. The summed E-state index contributed by atoms with van der Waals surface area (Å²) in [6.07, 6.45) is 6.61. The lowest BCUT2D eigenvalue weighted by molar-refractivity contribution is 0.102. The Morgan fingerprint density at radius 2 is 1.97 bits per heavy atom. The number of phenols is 1. The standard InChI is InChI=1S/C27H25N5O3/c1-27(2,3)18-8-9-24(33)23(12-18)31-26(34)20-13-22(17-6-4-10-28-14-17)30-25-21(20)15-29-32(25)16-19-7-5-11-35-19/h4-15,33H,16H2,1-3H3,(H,31,34). The van der Waals surface area contributed by atoms with E-state index >= 15 is 0 Å². The van der Waals surface area contributed by atoms with Gasteiger partial charge in [-0.2, -0.15) is 5.10 Å². The van der Waals surface area contributed by atoms with Crippen molar-refractivity contribution in [2.45, 2.75) is 32.7 Å². The van der Waals surface area contributed by atoms with Crippen LogP contribution in [0.25, 0.3) is 22.3 Å².